The maximum Gasteiger partial charge on any atom is 0.417 e. The third kappa shape index (κ3) is 6.55. The third-order valence-electron chi connectivity index (χ3n) is 4.01. The molecule has 0 spiro atoms. The first-order chi connectivity index (χ1) is 12.8. The molecule has 2 heterocycles. The lowest BCUT2D eigenvalue weighted by atomic mass is 10.2. The highest BCUT2D eigenvalue weighted by Gasteiger charge is 2.31. The fourth-order valence-electron chi connectivity index (χ4n) is 2.68. The lowest BCUT2D eigenvalue weighted by Crippen LogP contribution is -2.45. The first-order valence-corrected chi connectivity index (χ1v) is 8.48. The first kappa shape index (κ1) is 20.7. The minimum atomic E-state index is -4.41. The largest absolute Gasteiger partial charge is 0.417 e. The monoisotopic (exact) mass is 385 g/mol. The summed E-state index contributed by atoms with van der Waals surface area (Å²) in [6.07, 6.45) is -1.36. The maximum absolute atomic E-state index is 12.6. The summed E-state index contributed by atoms with van der Waals surface area (Å²) < 4.78 is 37.9. The third-order valence-corrected chi connectivity index (χ3v) is 4.01. The van der Waals surface area contributed by atoms with Crippen LogP contribution < -0.4 is 15.5 Å². The number of imide groups is 1. The second-order valence-electron chi connectivity index (χ2n) is 6.07. The average molecular weight is 385 g/mol. The van der Waals surface area contributed by atoms with Crippen molar-refractivity contribution in [3.05, 3.63) is 36.5 Å². The molecule has 1 aliphatic heterocycles. The Morgan fingerprint density at radius 3 is 2.63 bits per heavy atom. The molecule has 1 aromatic heterocycles. The number of aromatic nitrogens is 1. The van der Waals surface area contributed by atoms with E-state index < -0.39 is 23.7 Å². The molecular formula is C17H22F3N5O2. The van der Waals surface area contributed by atoms with E-state index in [1.807, 2.05) is 9.80 Å². The fraction of sp³-hybridized carbons (Fsp3) is 0.471. The van der Waals surface area contributed by atoms with Gasteiger partial charge in [0.1, 0.15) is 5.82 Å². The van der Waals surface area contributed by atoms with Gasteiger partial charge in [0.15, 0.2) is 0 Å². The SMILES string of the molecule is C=CCNC(=O)NC(=O)CN1CCCN(c2ccc(C(F)(F)F)cn2)CC1. The van der Waals surface area contributed by atoms with Gasteiger partial charge in [-0.05, 0) is 18.6 Å². The highest BCUT2D eigenvalue weighted by Crippen LogP contribution is 2.29. The molecule has 0 bridgehead atoms. The molecule has 1 aliphatic rings. The maximum atomic E-state index is 12.6. The molecule has 10 heteroatoms. The van der Waals surface area contributed by atoms with Crippen LogP contribution in [0.1, 0.15) is 12.0 Å². The van der Waals surface area contributed by atoms with Crippen molar-refractivity contribution in [1.29, 1.82) is 0 Å². The number of rotatable bonds is 5. The Kier molecular flexibility index (Phi) is 7.17. The Bertz CT molecular complexity index is 664. The van der Waals surface area contributed by atoms with E-state index in [1.165, 1.54) is 12.1 Å². The second-order valence-corrected chi connectivity index (χ2v) is 6.07. The van der Waals surface area contributed by atoms with Gasteiger partial charge in [0.05, 0.1) is 12.1 Å². The highest BCUT2D eigenvalue weighted by atomic mass is 19.4. The number of carbonyl (C=O) groups excluding carboxylic acids is 2. The molecule has 1 aromatic rings. The van der Waals surface area contributed by atoms with Gasteiger partial charge in [0.2, 0.25) is 5.91 Å². The summed E-state index contributed by atoms with van der Waals surface area (Å²) >= 11 is 0. The summed E-state index contributed by atoms with van der Waals surface area (Å²) in [5, 5.41) is 4.69. The highest BCUT2D eigenvalue weighted by molar-refractivity contribution is 5.95. The van der Waals surface area contributed by atoms with Crippen molar-refractivity contribution in [2.24, 2.45) is 0 Å². The van der Waals surface area contributed by atoms with E-state index in [9.17, 15) is 22.8 Å². The van der Waals surface area contributed by atoms with Crippen LogP contribution in [0.4, 0.5) is 23.8 Å². The molecule has 7 nitrogen and oxygen atoms in total. The van der Waals surface area contributed by atoms with E-state index >= 15 is 0 Å². The van der Waals surface area contributed by atoms with E-state index in [0.29, 0.717) is 32.0 Å². The van der Waals surface area contributed by atoms with Crippen molar-refractivity contribution in [3.8, 4) is 0 Å². The van der Waals surface area contributed by atoms with Crippen LogP contribution in [0.25, 0.3) is 0 Å². The number of anilines is 1. The van der Waals surface area contributed by atoms with Crippen LogP contribution in [0, 0.1) is 0 Å². The summed E-state index contributed by atoms with van der Waals surface area (Å²) in [6.45, 7) is 6.10. The fourth-order valence-corrected chi connectivity index (χ4v) is 2.68. The van der Waals surface area contributed by atoms with Gasteiger partial charge in [0, 0.05) is 38.9 Å². The predicted octanol–water partition coefficient (Wildman–Crippen LogP) is 1.62. The van der Waals surface area contributed by atoms with Gasteiger partial charge in [0.25, 0.3) is 0 Å². The number of nitrogens with one attached hydrogen (secondary N) is 2. The number of hydrogen-bond donors (Lipinski definition) is 2. The number of urea groups is 1. The predicted molar refractivity (Wildman–Crippen MR) is 94.2 cm³/mol. The van der Waals surface area contributed by atoms with E-state index in [1.54, 1.807) is 0 Å². The van der Waals surface area contributed by atoms with Crippen LogP contribution in [0.3, 0.4) is 0 Å². The molecule has 2 rings (SSSR count). The minimum absolute atomic E-state index is 0.0653. The zero-order chi connectivity index (χ0) is 19.9. The normalized spacial score (nSPS) is 15.7. The molecule has 0 unspecified atom stereocenters. The standard InChI is InChI=1S/C17H22F3N5O2/c1-2-6-21-16(27)23-15(26)12-24-7-3-8-25(10-9-24)14-5-4-13(11-22-14)17(18,19)20/h2,4-5,11H,1,3,6-10,12H2,(H2,21,23,26,27). The lowest BCUT2D eigenvalue weighted by molar-refractivity contribution is -0.137. The second kappa shape index (κ2) is 9.36. The molecule has 0 aromatic carbocycles. The summed E-state index contributed by atoms with van der Waals surface area (Å²) in [7, 11) is 0. The smallest absolute Gasteiger partial charge is 0.355 e. The van der Waals surface area contributed by atoms with Gasteiger partial charge in [-0.15, -0.1) is 6.58 Å². The molecule has 0 aliphatic carbocycles. The number of amides is 3. The topological polar surface area (TPSA) is 77.6 Å². The van der Waals surface area contributed by atoms with Crippen molar-refractivity contribution in [2.45, 2.75) is 12.6 Å². The number of carbonyl (C=O) groups is 2. The first-order valence-electron chi connectivity index (χ1n) is 8.48. The molecule has 1 fully saturated rings. The zero-order valence-corrected chi connectivity index (χ0v) is 14.8. The quantitative estimate of drug-likeness (QED) is 0.754. The van der Waals surface area contributed by atoms with E-state index in [2.05, 4.69) is 22.2 Å². The lowest BCUT2D eigenvalue weighted by Gasteiger charge is -2.22. The van der Waals surface area contributed by atoms with Crippen molar-refractivity contribution >= 4 is 17.8 Å². The Balaban J connectivity index is 1.85. The number of nitrogens with zero attached hydrogens (tertiary/aromatic N) is 3. The van der Waals surface area contributed by atoms with E-state index in [-0.39, 0.29) is 13.1 Å². The molecule has 2 N–H and O–H groups in total. The Morgan fingerprint density at radius 1 is 1.22 bits per heavy atom. The van der Waals surface area contributed by atoms with Crippen LogP contribution in [0.15, 0.2) is 31.0 Å². The van der Waals surface area contributed by atoms with Crippen LogP contribution in [0.5, 0.6) is 0 Å². The summed E-state index contributed by atoms with van der Waals surface area (Å²) in [4.78, 5) is 31.0. The molecule has 3 amide bonds. The summed E-state index contributed by atoms with van der Waals surface area (Å²) in [5.41, 5.74) is -0.783. The number of pyridine rings is 1. The van der Waals surface area contributed by atoms with Gasteiger partial charge < -0.3 is 10.2 Å². The van der Waals surface area contributed by atoms with Crippen LogP contribution >= 0.6 is 0 Å². The average Bonchev–Trinajstić information content (AvgIpc) is 2.85. The van der Waals surface area contributed by atoms with Crippen molar-refractivity contribution in [3.63, 3.8) is 0 Å². The molecule has 27 heavy (non-hydrogen) atoms. The Labute approximate surface area is 155 Å². The Hall–Kier alpha value is -2.62. The molecule has 1 saturated heterocycles. The molecular weight excluding hydrogens is 363 g/mol. The van der Waals surface area contributed by atoms with Gasteiger partial charge in [-0.2, -0.15) is 13.2 Å². The molecule has 0 atom stereocenters. The number of halogens is 3. The number of alkyl halides is 3. The van der Waals surface area contributed by atoms with Gasteiger partial charge in [-0.1, -0.05) is 6.08 Å². The summed E-state index contributed by atoms with van der Waals surface area (Å²) in [6, 6.07) is 1.79. The molecule has 0 radical (unpaired) electrons. The van der Waals surface area contributed by atoms with E-state index in [0.717, 1.165) is 18.7 Å². The van der Waals surface area contributed by atoms with Crippen LogP contribution in [-0.2, 0) is 11.0 Å². The number of hydrogen-bond acceptors (Lipinski definition) is 5. The van der Waals surface area contributed by atoms with Crippen molar-refractivity contribution < 1.29 is 22.8 Å². The van der Waals surface area contributed by atoms with E-state index in [4.69, 9.17) is 0 Å². The summed E-state index contributed by atoms with van der Waals surface area (Å²) in [5.74, 6) is 0.0516. The minimum Gasteiger partial charge on any atom is -0.355 e. The van der Waals surface area contributed by atoms with Crippen molar-refractivity contribution in [2.75, 3.05) is 44.2 Å². The zero-order valence-electron chi connectivity index (χ0n) is 14.8. The van der Waals surface area contributed by atoms with Crippen LogP contribution in [-0.4, -0.2) is 61.1 Å². The van der Waals surface area contributed by atoms with Gasteiger partial charge in [-0.3, -0.25) is 15.0 Å². The molecule has 148 valence electrons. The molecule has 0 saturated carbocycles. The van der Waals surface area contributed by atoms with Gasteiger partial charge in [-0.25, -0.2) is 9.78 Å². The van der Waals surface area contributed by atoms with Crippen molar-refractivity contribution in [1.82, 2.24) is 20.5 Å². The van der Waals surface area contributed by atoms with Crippen LogP contribution in [0.2, 0.25) is 0 Å². The van der Waals surface area contributed by atoms with Gasteiger partial charge >= 0.3 is 12.2 Å². The Morgan fingerprint density at radius 2 is 2.00 bits per heavy atom.